The van der Waals surface area contributed by atoms with Gasteiger partial charge < -0.3 is 0 Å². The van der Waals surface area contributed by atoms with Crippen molar-refractivity contribution >= 4 is 21.1 Å². The molecule has 0 unspecified atom stereocenters. The second kappa shape index (κ2) is 8.76. The van der Waals surface area contributed by atoms with Gasteiger partial charge >= 0.3 is 68.5 Å². The van der Waals surface area contributed by atoms with Crippen LogP contribution in [0, 0.1) is 0 Å². The second-order valence-electron chi connectivity index (χ2n) is 2.20. The van der Waals surface area contributed by atoms with Crippen molar-refractivity contribution in [2.45, 2.75) is 35.1 Å². The molecule has 2 N–H and O–H groups in total. The molecule has 9 heavy (non-hydrogen) atoms. The SMILES string of the molecule is C[CH2][Sn+2][CH2]CCCCN. The summed E-state index contributed by atoms with van der Waals surface area (Å²) in [5.74, 6) is 0. The molecule has 0 rings (SSSR count). The molecule has 0 atom stereocenters. The molecule has 52 valence electrons. The zero-order valence-corrected chi connectivity index (χ0v) is 9.17. The predicted octanol–water partition coefficient (Wildman–Crippen LogP) is 1.68. The first-order valence-corrected chi connectivity index (χ1v) is 7.86. The number of rotatable bonds is 6. The van der Waals surface area contributed by atoms with Gasteiger partial charge in [0.25, 0.3) is 0 Å². The number of unbranched alkanes of at least 4 members (excludes halogenated alkanes) is 2. The average Bonchev–Trinajstić information content (AvgIpc) is 1.89. The van der Waals surface area contributed by atoms with Crippen LogP contribution in [0.2, 0.25) is 8.87 Å². The van der Waals surface area contributed by atoms with Gasteiger partial charge in [-0.1, -0.05) is 0 Å². The number of hydrogen-bond donors (Lipinski definition) is 1. The van der Waals surface area contributed by atoms with Gasteiger partial charge in [-0.3, -0.25) is 0 Å². The fourth-order valence-electron chi connectivity index (χ4n) is 0.748. The summed E-state index contributed by atoms with van der Waals surface area (Å²) in [6, 6.07) is 0. The fourth-order valence-corrected chi connectivity index (χ4v) is 3.18. The molecule has 0 aliphatic carbocycles. The van der Waals surface area contributed by atoms with Crippen molar-refractivity contribution in [1.82, 2.24) is 0 Å². The summed E-state index contributed by atoms with van der Waals surface area (Å²) in [4.78, 5) is 0. The first-order valence-electron chi connectivity index (χ1n) is 3.82. The third-order valence-corrected chi connectivity index (χ3v) is 4.75. The Morgan fingerprint density at radius 1 is 1.22 bits per heavy atom. The van der Waals surface area contributed by atoms with E-state index in [1.165, 1.54) is 23.7 Å². The molecule has 0 aromatic carbocycles. The zero-order chi connectivity index (χ0) is 6.95. The number of nitrogens with two attached hydrogens (primary N) is 1. The summed E-state index contributed by atoms with van der Waals surface area (Å²) in [6.45, 7) is 3.20. The van der Waals surface area contributed by atoms with E-state index in [9.17, 15) is 0 Å². The van der Waals surface area contributed by atoms with Crippen molar-refractivity contribution in [3.05, 3.63) is 0 Å². The molecule has 2 heteroatoms. The Hall–Kier alpha value is 0.759. The van der Waals surface area contributed by atoms with E-state index in [-0.39, 0.29) is 21.1 Å². The van der Waals surface area contributed by atoms with Gasteiger partial charge in [0.05, 0.1) is 0 Å². The monoisotopic (exact) mass is 235 g/mol. The third kappa shape index (κ3) is 8.76. The molecule has 0 fully saturated rings. The van der Waals surface area contributed by atoms with Gasteiger partial charge in [0.1, 0.15) is 0 Å². The van der Waals surface area contributed by atoms with Crippen molar-refractivity contribution in [3.8, 4) is 0 Å². The van der Waals surface area contributed by atoms with Crippen molar-refractivity contribution in [3.63, 3.8) is 0 Å². The van der Waals surface area contributed by atoms with E-state index in [0.717, 1.165) is 6.54 Å². The predicted molar refractivity (Wildman–Crippen MR) is 43.9 cm³/mol. The summed E-state index contributed by atoms with van der Waals surface area (Å²) in [5.41, 5.74) is 5.36. The van der Waals surface area contributed by atoms with Crippen molar-refractivity contribution < 1.29 is 0 Å². The van der Waals surface area contributed by atoms with E-state index in [4.69, 9.17) is 5.73 Å². The average molecular weight is 234 g/mol. The van der Waals surface area contributed by atoms with Gasteiger partial charge in [-0.2, -0.15) is 0 Å². The quantitative estimate of drug-likeness (QED) is 0.549. The van der Waals surface area contributed by atoms with E-state index in [1.54, 1.807) is 4.44 Å². The summed E-state index contributed by atoms with van der Waals surface area (Å²) in [5, 5.41) is 0. The van der Waals surface area contributed by atoms with Crippen LogP contribution in [0.5, 0.6) is 0 Å². The minimum atomic E-state index is 0.120. The molecule has 0 aromatic rings. The first-order chi connectivity index (χ1) is 4.41. The van der Waals surface area contributed by atoms with Crippen molar-refractivity contribution in [1.29, 1.82) is 0 Å². The molecule has 0 aliphatic heterocycles. The van der Waals surface area contributed by atoms with Crippen LogP contribution in [-0.4, -0.2) is 27.7 Å². The van der Waals surface area contributed by atoms with Gasteiger partial charge in [0, 0.05) is 0 Å². The van der Waals surface area contributed by atoms with Crippen LogP contribution in [0.15, 0.2) is 0 Å². The molecule has 1 nitrogen and oxygen atoms in total. The molecule has 0 radical (unpaired) electrons. The van der Waals surface area contributed by atoms with Crippen LogP contribution in [0.4, 0.5) is 0 Å². The molecule has 0 spiro atoms. The Labute approximate surface area is 68.6 Å². The normalized spacial score (nSPS) is 9.11. The van der Waals surface area contributed by atoms with Crippen molar-refractivity contribution in [2.75, 3.05) is 6.54 Å². The maximum absolute atomic E-state index is 5.36. The van der Waals surface area contributed by atoms with Crippen LogP contribution in [0.1, 0.15) is 26.2 Å². The minimum absolute atomic E-state index is 0.120. The second-order valence-corrected chi connectivity index (χ2v) is 7.08. The van der Waals surface area contributed by atoms with Crippen molar-refractivity contribution in [2.24, 2.45) is 5.73 Å². The summed E-state index contributed by atoms with van der Waals surface area (Å²) in [7, 11) is 0. The van der Waals surface area contributed by atoms with E-state index in [0.29, 0.717) is 0 Å². The third-order valence-electron chi connectivity index (χ3n) is 1.31. The first kappa shape index (κ1) is 9.76. The van der Waals surface area contributed by atoms with Gasteiger partial charge in [-0.25, -0.2) is 0 Å². The van der Waals surface area contributed by atoms with Crippen LogP contribution < -0.4 is 5.73 Å². The maximum atomic E-state index is 5.36. The van der Waals surface area contributed by atoms with Crippen LogP contribution >= 0.6 is 0 Å². The molecular weight excluding hydrogens is 217 g/mol. The van der Waals surface area contributed by atoms with Crippen LogP contribution in [0.3, 0.4) is 0 Å². The summed E-state index contributed by atoms with van der Waals surface area (Å²) < 4.78 is 3.08. The standard InChI is InChI=1S/C5H12N.C2H5.Sn/c1-2-3-4-5-6;1-2;/h1-6H2;1H2,2H3;/q;;+2. The van der Waals surface area contributed by atoms with Gasteiger partial charge in [-0.05, 0) is 0 Å². The Morgan fingerprint density at radius 3 is 2.56 bits per heavy atom. The van der Waals surface area contributed by atoms with E-state index < -0.39 is 0 Å². The Kier molecular flexibility index (Phi) is 9.50. The number of hydrogen-bond acceptors (Lipinski definition) is 1. The Morgan fingerprint density at radius 2 is 2.00 bits per heavy atom. The van der Waals surface area contributed by atoms with E-state index in [1.807, 2.05) is 0 Å². The molecule has 0 saturated heterocycles. The van der Waals surface area contributed by atoms with E-state index >= 15 is 0 Å². The molecular formula is C7H17NSn+2. The zero-order valence-electron chi connectivity index (χ0n) is 6.32. The molecule has 0 aliphatic rings. The fraction of sp³-hybridized carbons (Fsp3) is 1.00. The Bertz CT molecular complexity index is 42.2. The Balaban J connectivity index is 2.60. The molecule has 0 saturated carbocycles. The summed E-state index contributed by atoms with van der Waals surface area (Å²) >= 11 is 0.120. The summed E-state index contributed by atoms with van der Waals surface area (Å²) in [6.07, 6.45) is 4.07. The van der Waals surface area contributed by atoms with Gasteiger partial charge in [0.15, 0.2) is 0 Å². The van der Waals surface area contributed by atoms with E-state index in [2.05, 4.69) is 6.92 Å². The van der Waals surface area contributed by atoms with Crippen LogP contribution in [-0.2, 0) is 0 Å². The molecule has 0 bridgehead atoms. The molecule has 0 heterocycles. The van der Waals surface area contributed by atoms with Crippen LogP contribution in [0.25, 0.3) is 0 Å². The van der Waals surface area contributed by atoms with Gasteiger partial charge in [0.2, 0.25) is 0 Å². The molecule has 0 amide bonds. The molecule has 0 aromatic heterocycles. The topological polar surface area (TPSA) is 26.0 Å². The van der Waals surface area contributed by atoms with Gasteiger partial charge in [-0.15, -0.1) is 0 Å².